The number of carbonyl (C=O) groups is 2. The number of hydrogen-bond acceptors (Lipinski definition) is 7. The summed E-state index contributed by atoms with van der Waals surface area (Å²) in [6, 6.07) is 7.03. The van der Waals surface area contributed by atoms with E-state index >= 15 is 0 Å². The van der Waals surface area contributed by atoms with Gasteiger partial charge in [0, 0.05) is 5.69 Å². The Kier molecular flexibility index (Phi) is 8.03. The van der Waals surface area contributed by atoms with Crippen molar-refractivity contribution in [2.24, 2.45) is 0 Å². The number of nitrogens with one attached hydrogen (secondary N) is 1. The van der Waals surface area contributed by atoms with Crippen LogP contribution in [-0.4, -0.2) is 44.4 Å². The van der Waals surface area contributed by atoms with E-state index in [2.05, 4.69) is 20.8 Å². The maximum atomic E-state index is 12.3. The van der Waals surface area contributed by atoms with E-state index in [-0.39, 0.29) is 17.6 Å². The van der Waals surface area contributed by atoms with Crippen LogP contribution >= 0.6 is 11.8 Å². The highest BCUT2D eigenvalue weighted by Gasteiger charge is 2.20. The van der Waals surface area contributed by atoms with Crippen LogP contribution in [0.5, 0.6) is 0 Å². The summed E-state index contributed by atoms with van der Waals surface area (Å²) in [5.41, 5.74) is 1.10. The third-order valence-corrected chi connectivity index (χ3v) is 5.78. The Morgan fingerprint density at radius 1 is 1.21 bits per heavy atom. The van der Waals surface area contributed by atoms with Gasteiger partial charge in [-0.1, -0.05) is 44.4 Å². The van der Waals surface area contributed by atoms with Crippen LogP contribution in [0.4, 0.5) is 5.69 Å². The van der Waals surface area contributed by atoms with Gasteiger partial charge in [0.15, 0.2) is 0 Å². The molecule has 0 aliphatic heterocycles. The van der Waals surface area contributed by atoms with Gasteiger partial charge < -0.3 is 10.1 Å². The molecule has 1 fully saturated rings. The number of rotatable bonds is 9. The van der Waals surface area contributed by atoms with Gasteiger partial charge in [-0.05, 0) is 54.0 Å². The second-order valence-electron chi connectivity index (χ2n) is 7.10. The lowest BCUT2D eigenvalue weighted by Gasteiger charge is -2.21. The first kappa shape index (κ1) is 21.3. The number of tetrazole rings is 1. The molecular weight excluding hydrogens is 390 g/mol. The number of amides is 1. The second kappa shape index (κ2) is 10.9. The molecule has 29 heavy (non-hydrogen) atoms. The van der Waals surface area contributed by atoms with Crippen molar-refractivity contribution in [2.75, 3.05) is 17.7 Å². The van der Waals surface area contributed by atoms with Crippen LogP contribution < -0.4 is 5.32 Å². The Labute approximate surface area is 174 Å². The molecule has 1 saturated carbocycles. The van der Waals surface area contributed by atoms with E-state index in [1.54, 1.807) is 24.3 Å². The van der Waals surface area contributed by atoms with E-state index in [0.717, 1.165) is 25.7 Å². The van der Waals surface area contributed by atoms with E-state index < -0.39 is 0 Å². The predicted molar refractivity (Wildman–Crippen MR) is 111 cm³/mol. The molecule has 1 aromatic heterocycles. The lowest BCUT2D eigenvalue weighted by Crippen LogP contribution is -2.17. The van der Waals surface area contributed by atoms with Crippen molar-refractivity contribution >= 4 is 29.3 Å². The lowest BCUT2D eigenvalue weighted by molar-refractivity contribution is -0.113. The van der Waals surface area contributed by atoms with Crippen LogP contribution in [-0.2, 0) is 9.53 Å². The van der Waals surface area contributed by atoms with Crippen molar-refractivity contribution in [1.82, 2.24) is 20.2 Å². The fraction of sp³-hybridized carbons (Fsp3) is 0.550. The number of benzene rings is 1. The van der Waals surface area contributed by atoms with Crippen molar-refractivity contribution < 1.29 is 14.3 Å². The SMILES string of the molecule is CCCCOC(=O)c1ccc(NC(=O)CSc2nnnn2C2CCCCC2)cc1. The highest BCUT2D eigenvalue weighted by molar-refractivity contribution is 7.99. The molecule has 156 valence electrons. The molecule has 1 heterocycles. The number of esters is 1. The number of ether oxygens (including phenoxy) is 1. The molecule has 0 spiro atoms. The third kappa shape index (κ3) is 6.28. The molecule has 2 aromatic rings. The highest BCUT2D eigenvalue weighted by Crippen LogP contribution is 2.30. The minimum atomic E-state index is -0.346. The first-order chi connectivity index (χ1) is 14.2. The molecule has 0 saturated heterocycles. The normalized spacial score (nSPS) is 14.5. The van der Waals surface area contributed by atoms with E-state index in [4.69, 9.17) is 4.74 Å². The van der Waals surface area contributed by atoms with Crippen molar-refractivity contribution in [3.8, 4) is 0 Å². The van der Waals surface area contributed by atoms with Crippen molar-refractivity contribution in [3.05, 3.63) is 29.8 Å². The van der Waals surface area contributed by atoms with Crippen LogP contribution in [0.2, 0.25) is 0 Å². The summed E-state index contributed by atoms with van der Waals surface area (Å²) in [6.07, 6.45) is 7.63. The summed E-state index contributed by atoms with van der Waals surface area (Å²) in [7, 11) is 0. The number of carbonyl (C=O) groups excluding carboxylic acids is 2. The van der Waals surface area contributed by atoms with Gasteiger partial charge in [-0.2, -0.15) is 0 Å². The number of hydrogen-bond donors (Lipinski definition) is 1. The van der Waals surface area contributed by atoms with Crippen LogP contribution in [0.3, 0.4) is 0 Å². The van der Waals surface area contributed by atoms with Crippen LogP contribution in [0, 0.1) is 0 Å². The summed E-state index contributed by atoms with van der Waals surface area (Å²) in [4.78, 5) is 24.2. The Bertz CT molecular complexity index is 803. The van der Waals surface area contributed by atoms with E-state index in [1.807, 2.05) is 11.6 Å². The van der Waals surface area contributed by atoms with Crippen molar-refractivity contribution in [2.45, 2.75) is 63.1 Å². The maximum Gasteiger partial charge on any atom is 0.338 e. The van der Waals surface area contributed by atoms with Gasteiger partial charge in [0.2, 0.25) is 11.1 Å². The number of anilines is 1. The quantitative estimate of drug-likeness (QED) is 0.376. The largest absolute Gasteiger partial charge is 0.462 e. The molecule has 9 heteroatoms. The zero-order valence-electron chi connectivity index (χ0n) is 16.7. The Hall–Kier alpha value is -2.42. The van der Waals surface area contributed by atoms with Crippen LogP contribution in [0.1, 0.15) is 68.3 Å². The van der Waals surface area contributed by atoms with Crippen LogP contribution in [0.25, 0.3) is 0 Å². The fourth-order valence-electron chi connectivity index (χ4n) is 3.24. The molecule has 3 rings (SSSR count). The number of nitrogens with zero attached hydrogens (tertiary/aromatic N) is 4. The van der Waals surface area contributed by atoms with Crippen LogP contribution in [0.15, 0.2) is 29.4 Å². The first-order valence-electron chi connectivity index (χ1n) is 10.1. The topological polar surface area (TPSA) is 99.0 Å². The van der Waals surface area contributed by atoms with E-state index in [0.29, 0.717) is 29.1 Å². The Morgan fingerprint density at radius 2 is 1.97 bits per heavy atom. The smallest absolute Gasteiger partial charge is 0.338 e. The van der Waals surface area contributed by atoms with Gasteiger partial charge >= 0.3 is 5.97 Å². The first-order valence-corrected chi connectivity index (χ1v) is 11.1. The van der Waals surface area contributed by atoms with Gasteiger partial charge in [0.05, 0.1) is 24.0 Å². The Morgan fingerprint density at radius 3 is 2.69 bits per heavy atom. The summed E-state index contributed by atoms with van der Waals surface area (Å²) in [5, 5.41) is 15.5. The zero-order chi connectivity index (χ0) is 20.5. The molecule has 0 unspecified atom stereocenters. The number of thioether (sulfide) groups is 1. The maximum absolute atomic E-state index is 12.3. The molecule has 0 bridgehead atoms. The third-order valence-electron chi connectivity index (χ3n) is 4.85. The van der Waals surface area contributed by atoms with Gasteiger partial charge in [0.25, 0.3) is 0 Å². The van der Waals surface area contributed by atoms with Crippen molar-refractivity contribution in [3.63, 3.8) is 0 Å². The summed E-state index contributed by atoms with van der Waals surface area (Å²) >= 11 is 1.33. The van der Waals surface area contributed by atoms with Gasteiger partial charge in [0.1, 0.15) is 0 Å². The average Bonchev–Trinajstić information content (AvgIpc) is 3.22. The fourth-order valence-corrected chi connectivity index (χ4v) is 3.99. The second-order valence-corrected chi connectivity index (χ2v) is 8.04. The summed E-state index contributed by atoms with van der Waals surface area (Å²) < 4.78 is 7.04. The van der Waals surface area contributed by atoms with E-state index in [9.17, 15) is 9.59 Å². The van der Waals surface area contributed by atoms with Gasteiger partial charge in [-0.25, -0.2) is 9.48 Å². The highest BCUT2D eigenvalue weighted by atomic mass is 32.2. The molecule has 1 amide bonds. The summed E-state index contributed by atoms with van der Waals surface area (Å²) in [5.74, 6) is -0.277. The average molecular weight is 418 g/mol. The summed E-state index contributed by atoms with van der Waals surface area (Å²) in [6.45, 7) is 2.46. The molecule has 1 aromatic carbocycles. The standard InChI is InChI=1S/C20H27N5O3S/c1-2-3-13-28-19(27)15-9-11-16(12-10-15)21-18(26)14-29-20-22-23-24-25(20)17-7-5-4-6-8-17/h9-12,17H,2-8,13-14H2,1H3,(H,21,26). The predicted octanol–water partition coefficient (Wildman–Crippen LogP) is 3.87. The number of unbranched alkanes of at least 4 members (excludes halogenated alkanes) is 1. The van der Waals surface area contributed by atoms with Crippen molar-refractivity contribution in [1.29, 1.82) is 0 Å². The van der Waals surface area contributed by atoms with Gasteiger partial charge in [-0.15, -0.1) is 5.10 Å². The molecule has 1 N–H and O–H groups in total. The Balaban J connectivity index is 1.47. The molecule has 0 radical (unpaired) electrons. The zero-order valence-corrected chi connectivity index (χ0v) is 17.5. The molecule has 1 aliphatic rings. The minimum absolute atomic E-state index is 0.147. The molecular formula is C20H27N5O3S. The minimum Gasteiger partial charge on any atom is -0.462 e. The molecule has 1 aliphatic carbocycles. The molecule has 8 nitrogen and oxygen atoms in total. The number of aromatic nitrogens is 4. The molecule has 0 atom stereocenters. The monoisotopic (exact) mass is 417 g/mol. The van der Waals surface area contributed by atoms with E-state index in [1.165, 1.54) is 31.0 Å². The lowest BCUT2D eigenvalue weighted by atomic mass is 9.96. The van der Waals surface area contributed by atoms with Gasteiger partial charge in [-0.3, -0.25) is 4.79 Å².